The first-order valence-corrected chi connectivity index (χ1v) is 6.01. The van der Waals surface area contributed by atoms with Crippen LogP contribution >= 0.6 is 0 Å². The third-order valence-corrected chi connectivity index (χ3v) is 2.92. The summed E-state index contributed by atoms with van der Waals surface area (Å²) in [7, 11) is 0. The van der Waals surface area contributed by atoms with Crippen LogP contribution in [0.2, 0.25) is 0 Å². The highest BCUT2D eigenvalue weighted by molar-refractivity contribution is 5.64. The minimum absolute atomic E-state index is 0.599. The van der Waals surface area contributed by atoms with Gasteiger partial charge in [0.25, 0.3) is 0 Å². The second-order valence-electron chi connectivity index (χ2n) is 4.20. The smallest absolute Gasteiger partial charge is 0.0178 e. The second-order valence-corrected chi connectivity index (χ2v) is 4.20. The van der Waals surface area contributed by atoms with Gasteiger partial charge in [-0.1, -0.05) is 55.5 Å². The Morgan fingerprint density at radius 2 is 1.65 bits per heavy atom. The molecule has 0 unspecified atom stereocenters. The highest BCUT2D eigenvalue weighted by Crippen LogP contribution is 2.21. The van der Waals surface area contributed by atoms with Crippen LogP contribution in [0.5, 0.6) is 0 Å². The van der Waals surface area contributed by atoms with Gasteiger partial charge < -0.3 is 5.73 Å². The molecule has 2 aromatic rings. The van der Waals surface area contributed by atoms with Crippen molar-refractivity contribution in [1.29, 1.82) is 0 Å². The zero-order chi connectivity index (χ0) is 12.1. The third kappa shape index (κ3) is 2.95. The summed E-state index contributed by atoms with van der Waals surface area (Å²) in [5.41, 5.74) is 10.6. The fourth-order valence-electron chi connectivity index (χ4n) is 1.94. The Morgan fingerprint density at radius 3 is 2.29 bits per heavy atom. The first kappa shape index (κ1) is 11.9. The standard InChI is InChI=1S/C16H18N/c1-2-4-13-5-3-6-16(11-13)15-9-7-14(12-17)8-10-15/h3,5-11H,1-2,4,12,17H2. The van der Waals surface area contributed by atoms with Crippen molar-refractivity contribution in [2.45, 2.75) is 19.4 Å². The molecule has 0 aliphatic rings. The molecule has 0 bridgehead atoms. The first-order valence-electron chi connectivity index (χ1n) is 6.01. The lowest BCUT2D eigenvalue weighted by molar-refractivity contribution is 1.000. The summed E-state index contributed by atoms with van der Waals surface area (Å²) in [5, 5.41) is 0. The number of hydrogen-bond donors (Lipinski definition) is 1. The number of aryl methyl sites for hydroxylation is 1. The van der Waals surface area contributed by atoms with Crippen molar-refractivity contribution in [3.05, 3.63) is 66.6 Å². The third-order valence-electron chi connectivity index (χ3n) is 2.92. The largest absolute Gasteiger partial charge is 0.326 e. The van der Waals surface area contributed by atoms with Gasteiger partial charge in [-0.15, -0.1) is 0 Å². The molecule has 2 rings (SSSR count). The SMILES string of the molecule is [CH2]CCc1cccc(-c2ccc(CN)cc2)c1. The van der Waals surface area contributed by atoms with Crippen molar-refractivity contribution in [3.63, 3.8) is 0 Å². The fraction of sp³-hybridized carbons (Fsp3) is 0.188. The van der Waals surface area contributed by atoms with Crippen molar-refractivity contribution >= 4 is 0 Å². The van der Waals surface area contributed by atoms with Crippen LogP contribution in [0, 0.1) is 6.92 Å². The zero-order valence-electron chi connectivity index (χ0n) is 10.0. The van der Waals surface area contributed by atoms with Crippen LogP contribution in [-0.4, -0.2) is 0 Å². The molecule has 0 atom stereocenters. The van der Waals surface area contributed by atoms with Crippen molar-refractivity contribution in [1.82, 2.24) is 0 Å². The van der Waals surface area contributed by atoms with Gasteiger partial charge in [0.1, 0.15) is 0 Å². The molecule has 0 spiro atoms. The summed E-state index contributed by atoms with van der Waals surface area (Å²) in [6.07, 6.45) is 1.98. The Labute approximate surface area is 103 Å². The number of rotatable bonds is 4. The second kappa shape index (κ2) is 5.65. The van der Waals surface area contributed by atoms with E-state index in [4.69, 9.17) is 5.73 Å². The monoisotopic (exact) mass is 224 g/mol. The molecule has 87 valence electrons. The highest BCUT2D eigenvalue weighted by Gasteiger charge is 1.99. The Hall–Kier alpha value is -1.60. The van der Waals surface area contributed by atoms with Gasteiger partial charge in [-0.05, 0) is 35.1 Å². The van der Waals surface area contributed by atoms with Crippen molar-refractivity contribution in [3.8, 4) is 11.1 Å². The van der Waals surface area contributed by atoms with Gasteiger partial charge in [-0.2, -0.15) is 0 Å². The van der Waals surface area contributed by atoms with Gasteiger partial charge in [0.2, 0.25) is 0 Å². The minimum Gasteiger partial charge on any atom is -0.326 e. The normalized spacial score (nSPS) is 10.5. The lowest BCUT2D eigenvalue weighted by atomic mass is 10.0. The van der Waals surface area contributed by atoms with Crippen molar-refractivity contribution in [2.24, 2.45) is 5.73 Å². The van der Waals surface area contributed by atoms with E-state index >= 15 is 0 Å². The lowest BCUT2D eigenvalue weighted by Gasteiger charge is -2.05. The quantitative estimate of drug-likeness (QED) is 0.844. The Bertz CT molecular complexity index is 471. The summed E-state index contributed by atoms with van der Waals surface area (Å²) >= 11 is 0. The maximum absolute atomic E-state index is 5.60. The predicted octanol–water partition coefficient (Wildman–Crippen LogP) is 3.58. The van der Waals surface area contributed by atoms with Gasteiger partial charge in [0.05, 0.1) is 0 Å². The molecule has 0 fully saturated rings. The summed E-state index contributed by atoms with van der Waals surface area (Å²) in [4.78, 5) is 0. The molecule has 0 heterocycles. The Kier molecular flexibility index (Phi) is 3.94. The number of hydrogen-bond acceptors (Lipinski definition) is 1. The maximum atomic E-state index is 5.60. The fourth-order valence-corrected chi connectivity index (χ4v) is 1.94. The molecule has 1 nitrogen and oxygen atoms in total. The van der Waals surface area contributed by atoms with E-state index < -0.39 is 0 Å². The van der Waals surface area contributed by atoms with E-state index in [-0.39, 0.29) is 0 Å². The van der Waals surface area contributed by atoms with Gasteiger partial charge >= 0.3 is 0 Å². The van der Waals surface area contributed by atoms with Crippen LogP contribution in [0.1, 0.15) is 17.5 Å². The van der Waals surface area contributed by atoms with Gasteiger partial charge in [-0.3, -0.25) is 0 Å². The molecule has 17 heavy (non-hydrogen) atoms. The highest BCUT2D eigenvalue weighted by atomic mass is 14.5. The molecule has 2 N–H and O–H groups in total. The van der Waals surface area contributed by atoms with Gasteiger partial charge in [-0.25, -0.2) is 0 Å². The molecular formula is C16H18N. The molecule has 0 aliphatic heterocycles. The average molecular weight is 224 g/mol. The van der Waals surface area contributed by atoms with Crippen LogP contribution in [-0.2, 0) is 13.0 Å². The summed E-state index contributed by atoms with van der Waals surface area (Å²) < 4.78 is 0. The maximum Gasteiger partial charge on any atom is 0.0178 e. The molecule has 0 saturated carbocycles. The van der Waals surface area contributed by atoms with Crippen LogP contribution in [0.25, 0.3) is 11.1 Å². The average Bonchev–Trinajstić information content (AvgIpc) is 2.40. The molecule has 0 aliphatic carbocycles. The van der Waals surface area contributed by atoms with Crippen molar-refractivity contribution in [2.75, 3.05) is 0 Å². The van der Waals surface area contributed by atoms with Gasteiger partial charge in [0, 0.05) is 6.54 Å². The topological polar surface area (TPSA) is 26.0 Å². The number of nitrogens with two attached hydrogens (primary N) is 1. The molecular weight excluding hydrogens is 206 g/mol. The van der Waals surface area contributed by atoms with E-state index in [0.717, 1.165) is 12.8 Å². The zero-order valence-corrected chi connectivity index (χ0v) is 10.0. The lowest BCUT2D eigenvalue weighted by Crippen LogP contribution is -1.95. The van der Waals surface area contributed by atoms with Crippen LogP contribution in [0.15, 0.2) is 48.5 Å². The summed E-state index contributed by atoms with van der Waals surface area (Å²) in [6.45, 7) is 4.49. The van der Waals surface area contributed by atoms with Crippen LogP contribution in [0.3, 0.4) is 0 Å². The Balaban J connectivity index is 2.28. The van der Waals surface area contributed by atoms with E-state index in [1.165, 1.54) is 22.3 Å². The molecule has 0 aromatic heterocycles. The van der Waals surface area contributed by atoms with Crippen LogP contribution in [0.4, 0.5) is 0 Å². The minimum atomic E-state index is 0.599. The molecule has 0 saturated heterocycles. The molecule has 1 heteroatoms. The van der Waals surface area contributed by atoms with E-state index in [2.05, 4.69) is 55.5 Å². The Morgan fingerprint density at radius 1 is 0.882 bits per heavy atom. The van der Waals surface area contributed by atoms with Crippen LogP contribution < -0.4 is 5.73 Å². The summed E-state index contributed by atoms with van der Waals surface area (Å²) in [5.74, 6) is 0. The van der Waals surface area contributed by atoms with E-state index in [1.807, 2.05) is 0 Å². The molecule has 2 aromatic carbocycles. The van der Waals surface area contributed by atoms with E-state index in [0.29, 0.717) is 6.54 Å². The summed E-state index contributed by atoms with van der Waals surface area (Å²) in [6, 6.07) is 17.1. The first-order chi connectivity index (χ1) is 8.33. The van der Waals surface area contributed by atoms with E-state index in [9.17, 15) is 0 Å². The van der Waals surface area contributed by atoms with Crippen molar-refractivity contribution < 1.29 is 0 Å². The molecule has 1 radical (unpaired) electrons. The molecule has 0 amide bonds. The predicted molar refractivity (Wildman–Crippen MR) is 73.4 cm³/mol. The number of benzene rings is 2. The van der Waals surface area contributed by atoms with E-state index in [1.54, 1.807) is 0 Å². The van der Waals surface area contributed by atoms with Gasteiger partial charge in [0.15, 0.2) is 0 Å².